The molecule has 0 fully saturated rings. The van der Waals surface area contributed by atoms with Gasteiger partial charge in [0.2, 0.25) is 0 Å². The van der Waals surface area contributed by atoms with Gasteiger partial charge >= 0.3 is 152 Å². The van der Waals surface area contributed by atoms with Gasteiger partial charge in [-0.15, -0.1) is 0 Å². The van der Waals surface area contributed by atoms with E-state index in [0.29, 0.717) is 6.42 Å². The predicted molar refractivity (Wildman–Crippen MR) is 95.6 cm³/mol. The predicted octanol–water partition coefficient (Wildman–Crippen LogP) is 2.14. The molecule has 0 amide bonds. The van der Waals surface area contributed by atoms with Gasteiger partial charge in [-0.2, -0.15) is 0 Å². The van der Waals surface area contributed by atoms with Gasteiger partial charge in [0.25, 0.3) is 0 Å². The number of fused-ring (bicyclic) bond motifs is 1. The number of hydrogen-bond acceptors (Lipinski definition) is 4. The Hall–Kier alpha value is -2.17. The molecule has 3 atom stereocenters. The Morgan fingerprint density at radius 2 is 1.92 bits per heavy atom. The number of benzene rings is 2. The van der Waals surface area contributed by atoms with E-state index in [1.54, 1.807) is 6.92 Å². The maximum absolute atomic E-state index is 12.3. The zero-order chi connectivity index (χ0) is 17.8. The Labute approximate surface area is 152 Å². The van der Waals surface area contributed by atoms with Crippen LogP contribution in [0.25, 0.3) is 0 Å². The fraction of sp³-hybridized carbons (Fsp3) is 0.316. The molecule has 1 unspecified atom stereocenters. The molecule has 2 aromatic rings. The van der Waals surface area contributed by atoms with Crippen molar-refractivity contribution < 1.29 is 14.5 Å². The molecule has 25 heavy (non-hydrogen) atoms. The fourth-order valence-electron chi connectivity index (χ4n) is 3.31. The van der Waals surface area contributed by atoms with Gasteiger partial charge in [0.15, 0.2) is 0 Å². The number of esters is 1. The van der Waals surface area contributed by atoms with Gasteiger partial charge in [-0.1, -0.05) is 0 Å². The molecule has 0 aromatic heterocycles. The van der Waals surface area contributed by atoms with Gasteiger partial charge in [-0.3, -0.25) is 0 Å². The van der Waals surface area contributed by atoms with Crippen molar-refractivity contribution in [3.8, 4) is 0 Å². The number of rotatable bonds is 6. The summed E-state index contributed by atoms with van der Waals surface area (Å²) < 4.78 is 6.18. The normalized spacial score (nSPS) is 19.9. The first-order valence-corrected chi connectivity index (χ1v) is 10.1. The average molecular weight is 404 g/mol. The second-order valence-electron chi connectivity index (χ2n) is 5.90. The number of hydrogen-bond donors (Lipinski definition) is 0. The van der Waals surface area contributed by atoms with E-state index in [4.69, 9.17) is 4.74 Å². The van der Waals surface area contributed by atoms with Crippen LogP contribution in [0.2, 0.25) is 0 Å². The Morgan fingerprint density at radius 3 is 2.60 bits per heavy atom. The molecule has 0 N–H and O–H groups in total. The van der Waals surface area contributed by atoms with Gasteiger partial charge < -0.3 is 0 Å². The molecule has 0 aliphatic heterocycles. The van der Waals surface area contributed by atoms with E-state index in [2.05, 4.69) is 0 Å². The van der Waals surface area contributed by atoms with Crippen LogP contribution in [0.5, 0.6) is 0 Å². The number of nitro groups is 1. The van der Waals surface area contributed by atoms with Crippen molar-refractivity contribution in [2.45, 2.75) is 24.2 Å². The third-order valence-electron chi connectivity index (χ3n) is 4.37. The van der Waals surface area contributed by atoms with E-state index in [1.165, 1.54) is 4.46 Å². The molecule has 0 heterocycles. The van der Waals surface area contributed by atoms with E-state index in [0.717, 1.165) is 11.1 Å². The molecular formula is C19H19NO4Se. The van der Waals surface area contributed by atoms with E-state index in [-0.39, 0.29) is 32.3 Å². The summed E-state index contributed by atoms with van der Waals surface area (Å²) in [6.07, 6.45) is 0.542. The molecule has 1 aliphatic rings. The van der Waals surface area contributed by atoms with Crippen LogP contribution in [0.3, 0.4) is 0 Å². The molecule has 130 valence electrons. The van der Waals surface area contributed by atoms with Crippen molar-refractivity contribution >= 4 is 25.4 Å². The minimum absolute atomic E-state index is 0.000710. The topological polar surface area (TPSA) is 69.4 Å². The first kappa shape index (κ1) is 17.6. The second-order valence-corrected chi connectivity index (χ2v) is 8.45. The zero-order valence-corrected chi connectivity index (χ0v) is 15.5. The van der Waals surface area contributed by atoms with Crippen LogP contribution in [-0.2, 0) is 16.0 Å². The van der Waals surface area contributed by atoms with Crippen LogP contribution < -0.4 is 4.46 Å². The summed E-state index contributed by atoms with van der Waals surface area (Å²) in [5.41, 5.74) is 2.24. The minimum atomic E-state index is -1.32. The summed E-state index contributed by atoms with van der Waals surface area (Å²) in [4.78, 5) is 23.4. The van der Waals surface area contributed by atoms with Gasteiger partial charge in [0.1, 0.15) is 0 Å². The van der Waals surface area contributed by atoms with Gasteiger partial charge in [0, 0.05) is 0 Å². The van der Waals surface area contributed by atoms with Crippen LogP contribution in [0.1, 0.15) is 22.9 Å². The van der Waals surface area contributed by atoms with Crippen LogP contribution in [-0.4, -0.2) is 38.5 Å². The standard InChI is InChI=1S/C19H19NO4Se/c1-2-24-19(21)17(20(22)23)16-12-13-8-6-7-11-15(13)18(16)25-14-9-4-3-5-10-14/h3-11,16-18H,2,12H2,1H3/t16-,17?,18+/m0/s1. The van der Waals surface area contributed by atoms with Crippen molar-refractivity contribution in [2.24, 2.45) is 5.92 Å². The first-order valence-electron chi connectivity index (χ1n) is 8.21. The number of carbonyl (C=O) groups excluding carboxylic acids is 1. The van der Waals surface area contributed by atoms with Crippen LogP contribution >= 0.6 is 0 Å². The molecule has 0 spiro atoms. The summed E-state index contributed by atoms with van der Waals surface area (Å²) in [5, 5.41) is 11.7. The molecular weight excluding hydrogens is 385 g/mol. The first-order chi connectivity index (χ1) is 12.1. The molecule has 3 rings (SSSR count). The van der Waals surface area contributed by atoms with Gasteiger partial charge in [0.05, 0.1) is 0 Å². The third-order valence-corrected chi connectivity index (χ3v) is 7.31. The van der Waals surface area contributed by atoms with E-state index in [9.17, 15) is 14.9 Å². The summed E-state index contributed by atoms with van der Waals surface area (Å²) >= 11 is -0.000710. The van der Waals surface area contributed by atoms with Crippen molar-refractivity contribution in [1.29, 1.82) is 0 Å². The summed E-state index contributed by atoms with van der Waals surface area (Å²) in [6.45, 7) is 1.82. The van der Waals surface area contributed by atoms with Crippen molar-refractivity contribution in [3.63, 3.8) is 0 Å². The van der Waals surface area contributed by atoms with Crippen LogP contribution in [0.15, 0.2) is 54.6 Å². The maximum atomic E-state index is 12.3. The average Bonchev–Trinajstić information content (AvgIpc) is 2.94. The van der Waals surface area contributed by atoms with Gasteiger partial charge in [-0.25, -0.2) is 0 Å². The van der Waals surface area contributed by atoms with Crippen LogP contribution in [0, 0.1) is 16.0 Å². The van der Waals surface area contributed by atoms with E-state index >= 15 is 0 Å². The van der Waals surface area contributed by atoms with E-state index in [1.807, 2.05) is 54.6 Å². The fourth-order valence-corrected chi connectivity index (χ4v) is 6.21. The summed E-state index contributed by atoms with van der Waals surface area (Å²) in [6, 6.07) is 16.6. The van der Waals surface area contributed by atoms with Gasteiger partial charge in [-0.05, 0) is 0 Å². The molecule has 2 aromatic carbocycles. The van der Waals surface area contributed by atoms with Crippen molar-refractivity contribution in [1.82, 2.24) is 0 Å². The quantitative estimate of drug-likeness (QED) is 0.320. The van der Waals surface area contributed by atoms with Crippen LogP contribution in [0.4, 0.5) is 0 Å². The van der Waals surface area contributed by atoms with Crippen molar-refractivity contribution in [3.05, 3.63) is 75.8 Å². The Kier molecular flexibility index (Phi) is 5.51. The molecule has 1 aliphatic carbocycles. The third kappa shape index (κ3) is 3.75. The number of nitrogens with zero attached hydrogens (tertiary/aromatic N) is 1. The molecule has 0 saturated carbocycles. The Morgan fingerprint density at radius 1 is 1.24 bits per heavy atom. The Bertz CT molecular complexity index is 765. The molecule has 0 radical (unpaired) electrons. The SMILES string of the molecule is CCOC(=O)C([C@@H]1Cc2ccccc2[C@H]1[Se]c1ccccc1)[N+](=O)[O-]. The zero-order valence-electron chi connectivity index (χ0n) is 13.8. The number of ether oxygens (including phenoxy) is 1. The molecule has 6 heteroatoms. The summed E-state index contributed by atoms with van der Waals surface area (Å²) in [5.74, 6) is -1.09. The molecule has 0 saturated heterocycles. The second kappa shape index (κ2) is 7.81. The molecule has 5 nitrogen and oxygen atoms in total. The monoisotopic (exact) mass is 405 g/mol. The summed E-state index contributed by atoms with van der Waals surface area (Å²) in [7, 11) is 0. The molecule has 0 bridgehead atoms. The van der Waals surface area contributed by atoms with E-state index < -0.39 is 16.9 Å². The Balaban J connectivity index is 1.96. The van der Waals surface area contributed by atoms with Crippen molar-refractivity contribution in [2.75, 3.05) is 6.61 Å². The number of carbonyl (C=O) groups is 1.